The van der Waals surface area contributed by atoms with E-state index in [1.54, 1.807) is 5.32 Å². The van der Waals surface area contributed by atoms with Crippen LogP contribution in [0.15, 0.2) is 35.5 Å². The zero-order valence-corrected chi connectivity index (χ0v) is 18.0. The molecule has 2 fully saturated rings. The number of amides is 1. The number of hydrogen-bond donors (Lipinski definition) is 2. The van der Waals surface area contributed by atoms with Crippen LogP contribution in [0.5, 0.6) is 0 Å². The topological polar surface area (TPSA) is 72.4 Å². The number of allylic oxidation sites excluding steroid dienone is 1. The molecule has 1 amide bonds. The SMILES string of the molecule is CC(C)(C)OC(=O)[NH2+]C1C=CC2=CC3=CC[C@@]4(C)[C@@H](CC[C@@H]4O)[C@@]34CC[C@]2(C1)O4. The van der Waals surface area contributed by atoms with Gasteiger partial charge in [0.05, 0.1) is 11.7 Å². The third-order valence-electron chi connectivity index (χ3n) is 8.06. The predicted molar refractivity (Wildman–Crippen MR) is 109 cm³/mol. The van der Waals surface area contributed by atoms with Crippen LogP contribution >= 0.6 is 0 Å². The monoisotopic (exact) mass is 400 g/mol. The van der Waals surface area contributed by atoms with E-state index in [9.17, 15) is 9.90 Å². The van der Waals surface area contributed by atoms with E-state index in [0.717, 1.165) is 38.5 Å². The molecule has 1 unspecified atom stereocenters. The Bertz CT molecular complexity index is 836. The lowest BCUT2D eigenvalue weighted by molar-refractivity contribution is -0.602. The van der Waals surface area contributed by atoms with Gasteiger partial charge in [-0.2, -0.15) is 4.79 Å². The number of carbonyl (C=O) groups is 1. The second kappa shape index (κ2) is 6.05. The van der Waals surface area contributed by atoms with Crippen LogP contribution in [0.4, 0.5) is 4.79 Å². The van der Waals surface area contributed by atoms with E-state index in [1.807, 2.05) is 20.8 Å². The summed E-state index contributed by atoms with van der Waals surface area (Å²) in [4.78, 5) is 12.3. The van der Waals surface area contributed by atoms with Crippen LogP contribution in [0.3, 0.4) is 0 Å². The van der Waals surface area contributed by atoms with Crippen molar-refractivity contribution in [2.45, 2.75) is 95.2 Å². The van der Waals surface area contributed by atoms with Gasteiger partial charge in [0, 0.05) is 17.8 Å². The number of primary amides is 1. The highest BCUT2D eigenvalue weighted by atomic mass is 16.6. The molecule has 6 atom stereocenters. The molecule has 3 aliphatic carbocycles. The molecule has 0 radical (unpaired) electrons. The molecule has 29 heavy (non-hydrogen) atoms. The van der Waals surface area contributed by atoms with Crippen molar-refractivity contribution in [2.24, 2.45) is 11.3 Å². The van der Waals surface area contributed by atoms with E-state index < -0.39 is 5.60 Å². The average molecular weight is 401 g/mol. The zero-order chi connectivity index (χ0) is 20.7. The van der Waals surface area contributed by atoms with Crippen molar-refractivity contribution in [1.82, 2.24) is 0 Å². The fourth-order valence-corrected chi connectivity index (χ4v) is 6.70. The van der Waals surface area contributed by atoms with Crippen molar-refractivity contribution >= 4 is 6.09 Å². The number of ether oxygens (including phenoxy) is 2. The normalized spacial score (nSPS) is 45.1. The number of aliphatic hydroxyl groups excluding tert-OH is 1. The Morgan fingerprint density at radius 2 is 2.07 bits per heavy atom. The van der Waals surface area contributed by atoms with Crippen molar-refractivity contribution in [1.29, 1.82) is 0 Å². The van der Waals surface area contributed by atoms with E-state index in [2.05, 4.69) is 31.2 Å². The van der Waals surface area contributed by atoms with Crippen LogP contribution in [0.25, 0.3) is 0 Å². The Kier molecular flexibility index (Phi) is 4.08. The smallest absolute Gasteiger partial charge is 0.414 e. The molecule has 2 spiro atoms. The summed E-state index contributed by atoms with van der Waals surface area (Å²) >= 11 is 0. The molecule has 0 aromatic heterocycles. The quantitative estimate of drug-likeness (QED) is 0.709. The highest BCUT2D eigenvalue weighted by Gasteiger charge is 2.66. The second-order valence-electron chi connectivity index (χ2n) is 11.0. The number of nitrogens with two attached hydrogens (primary N) is 1. The summed E-state index contributed by atoms with van der Waals surface area (Å²) in [6.07, 6.45) is 14.0. The van der Waals surface area contributed by atoms with Gasteiger partial charge in [0.2, 0.25) is 0 Å². The van der Waals surface area contributed by atoms with Gasteiger partial charge < -0.3 is 14.6 Å². The fourth-order valence-electron chi connectivity index (χ4n) is 6.70. The molecule has 1 saturated carbocycles. The Morgan fingerprint density at radius 1 is 1.28 bits per heavy atom. The second-order valence-corrected chi connectivity index (χ2v) is 11.0. The Balaban J connectivity index is 1.43. The maximum Gasteiger partial charge on any atom is 0.513 e. The largest absolute Gasteiger partial charge is 0.513 e. The Morgan fingerprint density at radius 3 is 2.83 bits per heavy atom. The van der Waals surface area contributed by atoms with Gasteiger partial charge in [0.15, 0.2) is 0 Å². The van der Waals surface area contributed by atoms with E-state index in [0.29, 0.717) is 5.92 Å². The highest BCUT2D eigenvalue weighted by molar-refractivity contribution is 5.57. The predicted octanol–water partition coefficient (Wildman–Crippen LogP) is 3.15. The van der Waals surface area contributed by atoms with Gasteiger partial charge in [-0.25, -0.2) is 5.32 Å². The third kappa shape index (κ3) is 2.81. The summed E-state index contributed by atoms with van der Waals surface area (Å²) in [7, 11) is 0. The first-order valence-electron chi connectivity index (χ1n) is 11.1. The summed E-state index contributed by atoms with van der Waals surface area (Å²) in [5.41, 5.74) is 1.40. The number of aliphatic hydroxyl groups is 1. The molecule has 5 rings (SSSR count). The first-order chi connectivity index (χ1) is 13.6. The molecule has 0 aromatic carbocycles. The van der Waals surface area contributed by atoms with Gasteiger partial charge in [-0.05, 0) is 70.1 Å². The van der Waals surface area contributed by atoms with Gasteiger partial charge in [-0.1, -0.05) is 25.2 Å². The number of fused-ring (bicyclic) bond motifs is 1. The summed E-state index contributed by atoms with van der Waals surface area (Å²) in [6.45, 7) is 7.92. The van der Waals surface area contributed by atoms with E-state index >= 15 is 0 Å². The van der Waals surface area contributed by atoms with Crippen molar-refractivity contribution in [2.75, 3.05) is 0 Å². The molecule has 5 heteroatoms. The molecular formula is C24H34NO4+. The summed E-state index contributed by atoms with van der Waals surface area (Å²) < 4.78 is 12.5. The molecule has 158 valence electrons. The van der Waals surface area contributed by atoms with Gasteiger partial charge in [-0.3, -0.25) is 0 Å². The molecule has 3 N–H and O–H groups in total. The van der Waals surface area contributed by atoms with Crippen molar-refractivity contribution in [3.8, 4) is 0 Å². The molecule has 5 aliphatic rings. The fraction of sp³-hybridized carbons (Fsp3) is 0.708. The van der Waals surface area contributed by atoms with Gasteiger partial charge in [-0.15, -0.1) is 0 Å². The summed E-state index contributed by atoms with van der Waals surface area (Å²) in [6, 6.07) is 0.0202. The number of quaternary nitrogens is 1. The Hall–Kier alpha value is -1.43. The maximum atomic E-state index is 12.3. The van der Waals surface area contributed by atoms with Crippen molar-refractivity contribution < 1.29 is 24.7 Å². The van der Waals surface area contributed by atoms with Crippen LogP contribution in [0.2, 0.25) is 0 Å². The van der Waals surface area contributed by atoms with Gasteiger partial charge >= 0.3 is 6.09 Å². The number of carbonyl (C=O) groups excluding carboxylic acids is 1. The number of hydrogen-bond acceptors (Lipinski definition) is 4. The lowest BCUT2D eigenvalue weighted by Crippen LogP contribution is -2.94. The molecule has 2 bridgehead atoms. The van der Waals surface area contributed by atoms with Gasteiger partial charge in [0.25, 0.3) is 0 Å². The minimum absolute atomic E-state index is 0.0202. The lowest BCUT2D eigenvalue weighted by Gasteiger charge is -2.52. The standard InChI is InChI=1S/C24H33NO4/c1-21(2,3)28-20(27)25-17-6-5-15-13-16-9-10-22(4)18(7-8-19(22)26)24(16)12-11-23(15,14-17)29-24/h5-6,9,13,17-19,26H,7-8,10-12,14H2,1-4H3,(H,25,27)/p+1/t17?,18-,19+,22+,23-,24-/m1/s1. The molecule has 5 nitrogen and oxygen atoms in total. The minimum Gasteiger partial charge on any atom is -0.414 e. The van der Waals surface area contributed by atoms with Crippen LogP contribution < -0.4 is 5.32 Å². The molecule has 2 aliphatic heterocycles. The molecule has 0 aromatic rings. The van der Waals surface area contributed by atoms with Crippen LogP contribution in [-0.2, 0) is 9.47 Å². The maximum absolute atomic E-state index is 12.3. The van der Waals surface area contributed by atoms with E-state index in [4.69, 9.17) is 9.47 Å². The Labute approximate surface area is 173 Å². The van der Waals surface area contributed by atoms with Gasteiger partial charge in [0.1, 0.15) is 17.2 Å². The van der Waals surface area contributed by atoms with Crippen molar-refractivity contribution in [3.05, 3.63) is 35.5 Å². The molecule has 1 saturated heterocycles. The zero-order valence-electron chi connectivity index (χ0n) is 18.0. The molecular weight excluding hydrogens is 366 g/mol. The van der Waals surface area contributed by atoms with E-state index in [1.165, 1.54) is 11.1 Å². The average Bonchev–Trinajstić information content (AvgIpc) is 3.08. The minimum atomic E-state index is -0.483. The molecule has 2 heterocycles. The number of rotatable bonds is 1. The van der Waals surface area contributed by atoms with E-state index in [-0.39, 0.29) is 34.9 Å². The first-order valence-corrected chi connectivity index (χ1v) is 11.1. The third-order valence-corrected chi connectivity index (χ3v) is 8.06. The van der Waals surface area contributed by atoms with Crippen LogP contribution in [-0.4, -0.2) is 40.1 Å². The first kappa shape index (κ1) is 19.5. The van der Waals surface area contributed by atoms with Crippen LogP contribution in [0.1, 0.15) is 66.2 Å². The summed E-state index contributed by atoms with van der Waals surface area (Å²) in [5.74, 6) is 0.362. The lowest BCUT2D eigenvalue weighted by atomic mass is 9.60. The summed E-state index contributed by atoms with van der Waals surface area (Å²) in [5, 5.41) is 12.4. The van der Waals surface area contributed by atoms with Crippen molar-refractivity contribution in [3.63, 3.8) is 0 Å². The van der Waals surface area contributed by atoms with Crippen LogP contribution in [0, 0.1) is 11.3 Å². The highest BCUT2D eigenvalue weighted by Crippen LogP contribution is 2.65.